The molecule has 2 aromatic rings. The molecule has 0 heterocycles. The van der Waals surface area contributed by atoms with Crippen LogP contribution in [0.25, 0.3) is 11.1 Å². The van der Waals surface area contributed by atoms with Gasteiger partial charge < -0.3 is 20.0 Å². The largest absolute Gasteiger partial charge is 0.478 e. The fourth-order valence-corrected chi connectivity index (χ4v) is 6.13. The molecule has 8 heteroatoms. The lowest BCUT2D eigenvalue weighted by atomic mass is 9.74. The fourth-order valence-electron chi connectivity index (χ4n) is 6.13. The molecule has 0 bridgehead atoms. The molecule has 1 aliphatic carbocycles. The summed E-state index contributed by atoms with van der Waals surface area (Å²) in [5.74, 6) is -1.81. The van der Waals surface area contributed by atoms with Crippen LogP contribution in [-0.4, -0.2) is 73.2 Å². The van der Waals surface area contributed by atoms with Crippen LogP contribution in [0.2, 0.25) is 0 Å². The average molecular weight is 610 g/mol. The van der Waals surface area contributed by atoms with Crippen LogP contribution in [0.5, 0.6) is 0 Å². The molecule has 0 radical (unpaired) electrons. The number of carbonyl (C=O) groups is 2. The summed E-state index contributed by atoms with van der Waals surface area (Å²) >= 11 is 0. The molecule has 6 nitrogen and oxygen atoms in total. The Bertz CT molecular complexity index is 1220. The minimum absolute atomic E-state index is 0. The van der Waals surface area contributed by atoms with E-state index < -0.39 is 11.9 Å². The topological polar surface area (TPSA) is 81.1 Å². The zero-order valence-electron chi connectivity index (χ0n) is 26.1. The third kappa shape index (κ3) is 9.71. The Labute approximate surface area is 259 Å². The summed E-state index contributed by atoms with van der Waals surface area (Å²) in [5, 5.41) is 20.2. The van der Waals surface area contributed by atoms with Crippen molar-refractivity contribution in [2.24, 2.45) is 10.8 Å². The van der Waals surface area contributed by atoms with Gasteiger partial charge in [0, 0.05) is 0 Å². The van der Waals surface area contributed by atoms with Gasteiger partial charge in [0.05, 0.1) is 11.1 Å². The van der Waals surface area contributed by atoms with Crippen molar-refractivity contribution in [1.29, 1.82) is 0 Å². The second kappa shape index (κ2) is 14.9. The van der Waals surface area contributed by atoms with Crippen molar-refractivity contribution in [1.82, 2.24) is 9.80 Å². The first kappa shape index (κ1) is 36.9. The van der Waals surface area contributed by atoms with Gasteiger partial charge in [-0.2, -0.15) is 0 Å². The molecule has 0 aliphatic heterocycles. The molecule has 0 saturated heterocycles. The third-order valence-corrected chi connectivity index (χ3v) is 8.10. The Morgan fingerprint density at radius 2 is 1.32 bits per heavy atom. The molecule has 0 spiro atoms. The van der Waals surface area contributed by atoms with Gasteiger partial charge in [-0.05, 0) is 149 Å². The molecule has 2 N–H and O–H groups in total. The highest BCUT2D eigenvalue weighted by Crippen LogP contribution is 2.45. The van der Waals surface area contributed by atoms with Crippen LogP contribution in [0.3, 0.4) is 0 Å². The first-order chi connectivity index (χ1) is 18.1. The lowest BCUT2D eigenvalue weighted by Gasteiger charge is -2.30. The number of hydrogen-bond acceptors (Lipinski definition) is 4. The summed E-state index contributed by atoms with van der Waals surface area (Å²) in [6, 6.07) is 7.43. The van der Waals surface area contributed by atoms with Gasteiger partial charge in [0.25, 0.3) is 0 Å². The van der Waals surface area contributed by atoms with E-state index in [1.54, 1.807) is 12.1 Å². The second-order valence-electron chi connectivity index (χ2n) is 13.6. The first-order valence-corrected chi connectivity index (χ1v) is 14.2. The standard InChI is InChI=1S/C33H48N2O4.2ClH/c1-32(2,13-9-15-34(5)6)20-24-19-26-25-12-11-22(30(36)37)17-23(25)18-27(26)28(29(24)31(38)39)21-33(3,4)14-10-16-35(7)8;;/h11-12,17,19H,9-10,13-16,18,20-21H2,1-8H3,(H,36,37)(H,38,39);2*1H. The molecule has 0 saturated carbocycles. The Balaban J connectivity index is 0.00000420. The normalized spacial score (nSPS) is 12.5. The van der Waals surface area contributed by atoms with Crippen molar-refractivity contribution in [2.45, 2.75) is 72.6 Å². The Morgan fingerprint density at radius 1 is 0.780 bits per heavy atom. The van der Waals surface area contributed by atoms with E-state index >= 15 is 0 Å². The number of nitrogens with zero attached hydrogens (tertiary/aromatic N) is 2. The number of carboxylic acids is 2. The smallest absolute Gasteiger partial charge is 0.336 e. The highest BCUT2D eigenvalue weighted by atomic mass is 35.5. The number of aromatic carboxylic acids is 2. The molecule has 0 amide bonds. The summed E-state index contributed by atoms with van der Waals surface area (Å²) in [6.07, 6.45) is 6.04. The summed E-state index contributed by atoms with van der Waals surface area (Å²) < 4.78 is 0. The second-order valence-corrected chi connectivity index (χ2v) is 13.6. The Kier molecular flexibility index (Phi) is 13.4. The molecule has 230 valence electrons. The van der Waals surface area contributed by atoms with Crippen molar-refractivity contribution in [2.75, 3.05) is 41.3 Å². The summed E-state index contributed by atoms with van der Waals surface area (Å²) in [6.45, 7) is 11.0. The summed E-state index contributed by atoms with van der Waals surface area (Å²) in [4.78, 5) is 29.0. The van der Waals surface area contributed by atoms with Gasteiger partial charge in [-0.3, -0.25) is 0 Å². The Morgan fingerprint density at radius 3 is 1.80 bits per heavy atom. The SMILES string of the molecule is CN(C)CCCC(C)(C)Cc1cc2c(c(CC(C)(C)CCCN(C)C)c1C(=O)O)Cc1cc(C(=O)O)ccc1-2.Cl.Cl. The van der Waals surface area contributed by atoms with Crippen LogP contribution in [-0.2, 0) is 19.3 Å². The predicted molar refractivity (Wildman–Crippen MR) is 174 cm³/mol. The zero-order chi connectivity index (χ0) is 29.1. The maximum atomic E-state index is 12.9. The van der Waals surface area contributed by atoms with Crippen molar-refractivity contribution >= 4 is 36.8 Å². The average Bonchev–Trinajstić information content (AvgIpc) is 3.15. The van der Waals surface area contributed by atoms with Gasteiger partial charge in [0.15, 0.2) is 0 Å². The first-order valence-electron chi connectivity index (χ1n) is 14.2. The summed E-state index contributed by atoms with van der Waals surface area (Å²) in [7, 11) is 8.31. The fraction of sp³-hybridized carbons (Fsp3) is 0.576. The molecule has 0 atom stereocenters. The van der Waals surface area contributed by atoms with E-state index in [9.17, 15) is 19.8 Å². The number of carboxylic acid groups (broad SMARTS) is 2. The van der Waals surface area contributed by atoms with E-state index in [2.05, 4.69) is 71.8 Å². The van der Waals surface area contributed by atoms with Gasteiger partial charge >= 0.3 is 11.9 Å². The van der Waals surface area contributed by atoms with Crippen LogP contribution < -0.4 is 0 Å². The highest BCUT2D eigenvalue weighted by molar-refractivity contribution is 5.95. The van der Waals surface area contributed by atoms with Crippen molar-refractivity contribution < 1.29 is 19.8 Å². The molecule has 1 aliphatic rings. The molecule has 0 fully saturated rings. The predicted octanol–water partition coefficient (Wildman–Crippen LogP) is 7.32. The number of fused-ring (bicyclic) bond motifs is 3. The molecular weight excluding hydrogens is 559 g/mol. The number of benzene rings is 2. The molecule has 2 aromatic carbocycles. The zero-order valence-corrected chi connectivity index (χ0v) is 27.7. The van der Waals surface area contributed by atoms with Gasteiger partial charge in [0.1, 0.15) is 0 Å². The lowest BCUT2D eigenvalue weighted by molar-refractivity contribution is 0.0683. The monoisotopic (exact) mass is 608 g/mol. The van der Waals surface area contributed by atoms with Crippen LogP contribution in [0.4, 0.5) is 0 Å². The maximum Gasteiger partial charge on any atom is 0.336 e. The van der Waals surface area contributed by atoms with E-state index in [-0.39, 0.29) is 41.2 Å². The third-order valence-electron chi connectivity index (χ3n) is 8.10. The van der Waals surface area contributed by atoms with E-state index in [0.717, 1.165) is 72.2 Å². The van der Waals surface area contributed by atoms with Crippen molar-refractivity contribution in [3.8, 4) is 11.1 Å². The van der Waals surface area contributed by atoms with Crippen LogP contribution in [0.15, 0.2) is 24.3 Å². The molecule has 0 unspecified atom stereocenters. The van der Waals surface area contributed by atoms with Gasteiger partial charge in [-0.15, -0.1) is 24.8 Å². The van der Waals surface area contributed by atoms with Crippen LogP contribution >= 0.6 is 24.8 Å². The molecule has 3 rings (SSSR count). The molecular formula is C33H50Cl2N2O4. The number of hydrogen-bond donors (Lipinski definition) is 2. The number of rotatable bonds is 14. The molecule has 0 aromatic heterocycles. The Hall–Kier alpha value is -2.12. The van der Waals surface area contributed by atoms with Crippen molar-refractivity contribution in [3.63, 3.8) is 0 Å². The van der Waals surface area contributed by atoms with E-state index in [1.165, 1.54) is 0 Å². The van der Waals surface area contributed by atoms with E-state index in [0.29, 0.717) is 24.8 Å². The minimum Gasteiger partial charge on any atom is -0.478 e. The van der Waals surface area contributed by atoms with E-state index in [1.807, 2.05) is 6.07 Å². The van der Waals surface area contributed by atoms with Crippen LogP contribution in [0.1, 0.15) is 96.3 Å². The van der Waals surface area contributed by atoms with Crippen molar-refractivity contribution in [3.05, 3.63) is 57.6 Å². The highest BCUT2D eigenvalue weighted by Gasteiger charge is 2.33. The summed E-state index contributed by atoms with van der Waals surface area (Å²) in [5.41, 5.74) is 6.56. The number of halogens is 2. The molecule has 41 heavy (non-hydrogen) atoms. The van der Waals surface area contributed by atoms with Gasteiger partial charge in [-0.25, -0.2) is 9.59 Å². The minimum atomic E-state index is -0.942. The maximum absolute atomic E-state index is 12.9. The quantitative estimate of drug-likeness (QED) is 0.199. The van der Waals surface area contributed by atoms with E-state index in [4.69, 9.17) is 0 Å². The van der Waals surface area contributed by atoms with Crippen LogP contribution in [0, 0.1) is 10.8 Å². The van der Waals surface area contributed by atoms with Gasteiger partial charge in [0.2, 0.25) is 0 Å². The lowest BCUT2D eigenvalue weighted by Crippen LogP contribution is -2.24. The van der Waals surface area contributed by atoms with Gasteiger partial charge in [-0.1, -0.05) is 33.8 Å².